The van der Waals surface area contributed by atoms with E-state index >= 15 is 0 Å². The maximum atomic E-state index is 12.5. The number of rotatable bonds is 4. The Morgan fingerprint density at radius 1 is 1.26 bits per heavy atom. The molecule has 2 rings (SSSR count). The van der Waals surface area contributed by atoms with Crippen LogP contribution in [0.3, 0.4) is 0 Å². The lowest BCUT2D eigenvalue weighted by Crippen LogP contribution is -2.06. The van der Waals surface area contributed by atoms with Gasteiger partial charge in [-0.15, -0.1) is 16.7 Å². The Bertz CT molecular complexity index is 556. The third-order valence-electron chi connectivity index (χ3n) is 2.28. The second kappa shape index (κ2) is 5.48. The van der Waals surface area contributed by atoms with Crippen molar-refractivity contribution >= 4 is 17.6 Å². The van der Waals surface area contributed by atoms with Gasteiger partial charge in [0.05, 0.1) is 5.56 Å². The number of halogens is 4. The minimum absolute atomic E-state index is 0.0816. The molecule has 0 saturated carbocycles. The second-order valence-electron chi connectivity index (χ2n) is 3.69. The lowest BCUT2D eigenvalue weighted by Gasteiger charge is -2.08. The second-order valence-corrected chi connectivity index (χ2v) is 3.95. The topological polar surface area (TPSA) is 51.0 Å². The first-order valence-corrected chi connectivity index (χ1v) is 5.81. The van der Waals surface area contributed by atoms with Crippen molar-refractivity contribution in [3.05, 3.63) is 41.3 Å². The molecule has 102 valence electrons. The van der Waals surface area contributed by atoms with Gasteiger partial charge >= 0.3 is 12.2 Å². The first-order valence-electron chi connectivity index (χ1n) is 5.27. The van der Waals surface area contributed by atoms with E-state index < -0.39 is 11.7 Å². The lowest BCUT2D eigenvalue weighted by atomic mass is 10.1. The molecule has 0 unspecified atom stereocenters. The minimum Gasteiger partial charge on any atom is -0.407 e. The number of aromatic nitrogens is 2. The van der Waals surface area contributed by atoms with Crippen LogP contribution < -0.4 is 5.32 Å². The van der Waals surface area contributed by atoms with Crippen LogP contribution >= 0.6 is 11.6 Å². The number of alkyl halides is 4. The molecule has 0 amide bonds. The summed E-state index contributed by atoms with van der Waals surface area (Å²) >= 11 is 5.48. The lowest BCUT2D eigenvalue weighted by molar-refractivity contribution is -0.137. The number of nitrogens with zero attached hydrogens (tertiary/aromatic N) is 2. The molecule has 1 aromatic heterocycles. The summed E-state index contributed by atoms with van der Waals surface area (Å²) in [6.07, 6.45) is -4.35. The van der Waals surface area contributed by atoms with Crippen LogP contribution in [-0.4, -0.2) is 10.2 Å². The Labute approximate surface area is 111 Å². The third kappa shape index (κ3) is 3.60. The van der Waals surface area contributed by atoms with Crippen LogP contribution in [0, 0.1) is 0 Å². The average Bonchev–Trinajstić information content (AvgIpc) is 2.84. The van der Waals surface area contributed by atoms with E-state index in [1.807, 2.05) is 0 Å². The fourth-order valence-electron chi connectivity index (χ4n) is 1.41. The monoisotopic (exact) mass is 291 g/mol. The van der Waals surface area contributed by atoms with E-state index in [4.69, 9.17) is 16.0 Å². The zero-order valence-electron chi connectivity index (χ0n) is 9.54. The van der Waals surface area contributed by atoms with Crippen molar-refractivity contribution in [1.29, 1.82) is 0 Å². The van der Waals surface area contributed by atoms with Gasteiger partial charge in [0.25, 0.3) is 0 Å². The van der Waals surface area contributed by atoms with E-state index in [0.717, 1.165) is 12.1 Å². The molecule has 2 aromatic rings. The fraction of sp³-hybridized carbons (Fsp3) is 0.273. The Morgan fingerprint density at radius 3 is 2.68 bits per heavy atom. The van der Waals surface area contributed by atoms with Crippen molar-refractivity contribution in [2.45, 2.75) is 18.6 Å². The number of anilines is 1. The van der Waals surface area contributed by atoms with Crippen molar-refractivity contribution in [1.82, 2.24) is 10.2 Å². The highest BCUT2D eigenvalue weighted by atomic mass is 35.5. The summed E-state index contributed by atoms with van der Waals surface area (Å²) < 4.78 is 42.6. The maximum Gasteiger partial charge on any atom is 0.416 e. The van der Waals surface area contributed by atoms with Gasteiger partial charge in [0.2, 0.25) is 5.89 Å². The molecular formula is C11H9ClF3N3O. The number of benzene rings is 1. The van der Waals surface area contributed by atoms with Crippen LogP contribution in [0.25, 0.3) is 0 Å². The Kier molecular flexibility index (Phi) is 3.94. The van der Waals surface area contributed by atoms with E-state index in [1.165, 1.54) is 6.07 Å². The molecule has 1 N–H and O–H groups in total. The SMILES string of the molecule is FC(F)(F)c1cccc(CNc2nnc(CCl)o2)c1. The van der Waals surface area contributed by atoms with Crippen LogP contribution in [0.5, 0.6) is 0 Å². The molecule has 0 spiro atoms. The normalized spacial score (nSPS) is 11.6. The van der Waals surface area contributed by atoms with E-state index in [2.05, 4.69) is 15.5 Å². The summed E-state index contributed by atoms with van der Waals surface area (Å²) in [5.74, 6) is 0.325. The summed E-state index contributed by atoms with van der Waals surface area (Å²) in [5, 5.41) is 9.98. The number of nitrogens with one attached hydrogen (secondary N) is 1. The van der Waals surface area contributed by atoms with Crippen LogP contribution in [0.2, 0.25) is 0 Å². The summed E-state index contributed by atoms with van der Waals surface area (Å²) in [7, 11) is 0. The molecule has 19 heavy (non-hydrogen) atoms. The molecule has 0 radical (unpaired) electrons. The summed E-state index contributed by atoms with van der Waals surface area (Å²) in [6.45, 7) is 0.147. The highest BCUT2D eigenvalue weighted by molar-refractivity contribution is 6.16. The van der Waals surface area contributed by atoms with E-state index in [1.54, 1.807) is 6.07 Å². The van der Waals surface area contributed by atoms with Gasteiger partial charge in [-0.05, 0) is 17.7 Å². The summed E-state index contributed by atoms with van der Waals surface area (Å²) in [4.78, 5) is 0. The van der Waals surface area contributed by atoms with Gasteiger partial charge in [0, 0.05) is 6.54 Å². The fourth-order valence-corrected chi connectivity index (χ4v) is 1.52. The molecule has 4 nitrogen and oxygen atoms in total. The van der Waals surface area contributed by atoms with Gasteiger partial charge in [-0.2, -0.15) is 13.2 Å². The van der Waals surface area contributed by atoms with Crippen LogP contribution in [0.4, 0.5) is 19.2 Å². The zero-order valence-corrected chi connectivity index (χ0v) is 10.3. The molecule has 0 bridgehead atoms. The molecule has 0 aliphatic rings. The van der Waals surface area contributed by atoms with Crippen LogP contribution in [0.1, 0.15) is 17.0 Å². The standard InChI is InChI=1S/C11H9ClF3N3O/c12-5-9-17-18-10(19-9)16-6-7-2-1-3-8(4-7)11(13,14)15/h1-4H,5-6H2,(H,16,18). The molecule has 0 aliphatic carbocycles. The predicted octanol–water partition coefficient (Wildman–Crippen LogP) is 3.44. The average molecular weight is 292 g/mol. The van der Waals surface area contributed by atoms with Gasteiger partial charge in [0.15, 0.2) is 0 Å². The quantitative estimate of drug-likeness (QED) is 0.877. The smallest absolute Gasteiger partial charge is 0.407 e. The van der Waals surface area contributed by atoms with E-state index in [-0.39, 0.29) is 24.3 Å². The molecule has 0 aliphatic heterocycles. The van der Waals surface area contributed by atoms with Crippen molar-refractivity contribution in [2.24, 2.45) is 0 Å². The molecule has 0 atom stereocenters. The first kappa shape index (κ1) is 13.7. The molecule has 0 saturated heterocycles. The summed E-state index contributed by atoms with van der Waals surface area (Å²) in [5.41, 5.74) is -0.237. The largest absolute Gasteiger partial charge is 0.416 e. The van der Waals surface area contributed by atoms with E-state index in [0.29, 0.717) is 5.56 Å². The van der Waals surface area contributed by atoms with Gasteiger partial charge < -0.3 is 9.73 Å². The highest BCUT2D eigenvalue weighted by Gasteiger charge is 2.30. The Hall–Kier alpha value is -1.76. The molecule has 1 aromatic carbocycles. The van der Waals surface area contributed by atoms with Crippen LogP contribution in [0.15, 0.2) is 28.7 Å². The Balaban J connectivity index is 2.03. The predicted molar refractivity (Wildman–Crippen MR) is 62.6 cm³/mol. The molecular weight excluding hydrogens is 283 g/mol. The zero-order chi connectivity index (χ0) is 13.9. The van der Waals surface area contributed by atoms with Crippen LogP contribution in [-0.2, 0) is 18.6 Å². The molecule has 0 fully saturated rings. The number of hydrogen-bond donors (Lipinski definition) is 1. The first-order chi connectivity index (χ1) is 8.99. The number of hydrogen-bond acceptors (Lipinski definition) is 4. The maximum absolute atomic E-state index is 12.5. The van der Waals surface area contributed by atoms with Crippen molar-refractivity contribution in [2.75, 3.05) is 5.32 Å². The van der Waals surface area contributed by atoms with Crippen molar-refractivity contribution in [3.8, 4) is 0 Å². The van der Waals surface area contributed by atoms with Gasteiger partial charge in [-0.1, -0.05) is 17.2 Å². The summed E-state index contributed by atoms with van der Waals surface area (Å²) in [6, 6.07) is 5.11. The van der Waals surface area contributed by atoms with Crippen molar-refractivity contribution < 1.29 is 17.6 Å². The van der Waals surface area contributed by atoms with Gasteiger partial charge in [0.1, 0.15) is 5.88 Å². The minimum atomic E-state index is -4.35. The van der Waals surface area contributed by atoms with Gasteiger partial charge in [-0.25, -0.2) is 0 Å². The van der Waals surface area contributed by atoms with E-state index in [9.17, 15) is 13.2 Å². The highest BCUT2D eigenvalue weighted by Crippen LogP contribution is 2.29. The third-order valence-corrected chi connectivity index (χ3v) is 2.51. The van der Waals surface area contributed by atoms with Gasteiger partial charge in [-0.3, -0.25) is 0 Å². The van der Waals surface area contributed by atoms with Crippen molar-refractivity contribution in [3.63, 3.8) is 0 Å². The molecule has 8 heteroatoms. The molecule has 1 heterocycles. The Morgan fingerprint density at radius 2 is 2.05 bits per heavy atom.